The zero-order chi connectivity index (χ0) is 41.3. The van der Waals surface area contributed by atoms with Crippen LogP contribution in [-0.4, -0.2) is 79.2 Å². The number of aromatic nitrogens is 1. The number of carboxylic acid groups (broad SMARTS) is 2. The van der Waals surface area contributed by atoms with E-state index in [-0.39, 0.29) is 51.5 Å². The average molecular weight is 827 g/mol. The number of amides is 3. The van der Waals surface area contributed by atoms with Gasteiger partial charge >= 0.3 is 11.9 Å². The van der Waals surface area contributed by atoms with Crippen LogP contribution in [0.2, 0.25) is 0 Å². The summed E-state index contributed by atoms with van der Waals surface area (Å²) in [5, 5.41) is 31.0. The second-order valence-corrected chi connectivity index (χ2v) is 15.6. The van der Waals surface area contributed by atoms with E-state index in [9.17, 15) is 34.2 Å². The predicted octanol–water partition coefficient (Wildman–Crippen LogP) is 4.85. The first-order chi connectivity index (χ1) is 28.6. The van der Waals surface area contributed by atoms with Crippen LogP contribution in [-0.2, 0) is 29.6 Å². The summed E-state index contributed by atoms with van der Waals surface area (Å²) in [6.45, 7) is 0.328. The highest BCUT2D eigenvalue weighted by Crippen LogP contribution is 2.46. The van der Waals surface area contributed by atoms with E-state index < -0.39 is 40.8 Å². The number of carbonyl (C=O) groups excluding carboxylic acids is 3. The lowest BCUT2D eigenvalue weighted by atomic mass is 9.80. The highest BCUT2D eigenvalue weighted by Gasteiger charge is 2.55. The standard InChI is InChI=1S/C43H34N6O8S2/c44-42-46-31(23-59-42)33(48-57-43(26-10-4-1-5-11-26,27-12-6-2-7-13-27)28-14-8-3-9-15-28)37(51)47-34-38(52)49-35(41(55)56)30(22-58-39(34)49)32(29-20-21-45-36(29)50)24-16-18-25(19-17-24)40(53)54/h1-19,23,34,39H,20-22H2,(H2,44,46)(H,45,50)(H,47,51)(H,53,54)(H,55,56)/t34-,39-/m1/s1. The minimum Gasteiger partial charge on any atom is -0.478 e. The number of aromatic carboxylic acids is 1. The number of carbonyl (C=O) groups is 5. The van der Waals surface area contributed by atoms with Gasteiger partial charge in [-0.2, -0.15) is 0 Å². The van der Waals surface area contributed by atoms with Crippen molar-refractivity contribution in [3.05, 3.63) is 171 Å². The van der Waals surface area contributed by atoms with Crippen molar-refractivity contribution in [2.24, 2.45) is 5.16 Å². The molecular weight excluding hydrogens is 793 g/mol. The van der Waals surface area contributed by atoms with Gasteiger partial charge < -0.3 is 31.4 Å². The monoisotopic (exact) mass is 826 g/mol. The second-order valence-electron chi connectivity index (χ2n) is 13.6. The third kappa shape index (κ3) is 7.12. The first-order valence-electron chi connectivity index (χ1n) is 18.3. The Bertz CT molecular complexity index is 2480. The van der Waals surface area contributed by atoms with Crippen molar-refractivity contribution in [3.63, 3.8) is 0 Å². The minimum absolute atomic E-state index is 0.00975. The van der Waals surface area contributed by atoms with E-state index in [0.29, 0.717) is 39.9 Å². The van der Waals surface area contributed by atoms with Crippen molar-refractivity contribution in [2.45, 2.75) is 23.4 Å². The highest BCUT2D eigenvalue weighted by molar-refractivity contribution is 8.00. The lowest BCUT2D eigenvalue weighted by Crippen LogP contribution is -2.71. The molecule has 4 heterocycles. The maximum atomic E-state index is 14.4. The number of carboxylic acids is 2. The van der Waals surface area contributed by atoms with Gasteiger partial charge in [0.05, 0.1) is 5.56 Å². The molecule has 8 rings (SSSR count). The van der Waals surface area contributed by atoms with Gasteiger partial charge in [0.2, 0.25) is 11.5 Å². The number of nitrogens with two attached hydrogens (primary N) is 1. The quantitative estimate of drug-likeness (QED) is 0.0377. The summed E-state index contributed by atoms with van der Waals surface area (Å²) in [4.78, 5) is 78.0. The van der Waals surface area contributed by atoms with Gasteiger partial charge in [-0.05, 0) is 29.7 Å². The number of fused-ring (bicyclic) bond motifs is 1. The van der Waals surface area contributed by atoms with Crippen LogP contribution in [0, 0.1) is 0 Å². The topological polar surface area (TPSA) is 214 Å². The van der Waals surface area contributed by atoms with Gasteiger partial charge in [0, 0.05) is 45.5 Å². The number of nitrogens with zero attached hydrogens (tertiary/aromatic N) is 3. The molecule has 6 N–H and O–H groups in total. The first-order valence-corrected chi connectivity index (χ1v) is 20.2. The van der Waals surface area contributed by atoms with E-state index in [4.69, 9.17) is 10.6 Å². The number of rotatable bonds is 12. The van der Waals surface area contributed by atoms with E-state index in [1.54, 1.807) is 5.38 Å². The molecule has 5 aromatic rings. The van der Waals surface area contributed by atoms with Crippen LogP contribution in [0.5, 0.6) is 0 Å². The number of thioether (sulfide) groups is 1. The number of allylic oxidation sites excluding steroid dienone is 1. The molecule has 0 radical (unpaired) electrons. The molecule has 16 heteroatoms. The first kappa shape index (κ1) is 38.8. The fourth-order valence-electron chi connectivity index (χ4n) is 7.48. The summed E-state index contributed by atoms with van der Waals surface area (Å²) in [6, 6.07) is 32.8. The number of oxime groups is 1. The zero-order valence-electron chi connectivity index (χ0n) is 30.9. The van der Waals surface area contributed by atoms with Gasteiger partial charge in [0.25, 0.3) is 11.8 Å². The number of aliphatic carboxylic acids is 1. The minimum atomic E-state index is -1.41. The molecule has 2 saturated heterocycles. The summed E-state index contributed by atoms with van der Waals surface area (Å²) in [6.07, 6.45) is 0.289. The summed E-state index contributed by atoms with van der Waals surface area (Å²) in [5.41, 5.74) is 7.59. The Morgan fingerprint density at radius 2 is 1.42 bits per heavy atom. The normalized spacial score (nSPS) is 18.7. The number of benzene rings is 4. The lowest BCUT2D eigenvalue weighted by Gasteiger charge is -2.49. The number of β-lactam (4-membered cyclic amide) rings is 1. The van der Waals surface area contributed by atoms with Crippen molar-refractivity contribution >= 4 is 69.2 Å². The smallest absolute Gasteiger partial charge is 0.352 e. The number of hydrogen-bond donors (Lipinski definition) is 5. The molecule has 296 valence electrons. The zero-order valence-corrected chi connectivity index (χ0v) is 32.5. The Morgan fingerprint density at radius 3 is 1.92 bits per heavy atom. The fourth-order valence-corrected chi connectivity index (χ4v) is 9.38. The average Bonchev–Trinajstić information content (AvgIpc) is 3.89. The summed E-state index contributed by atoms with van der Waals surface area (Å²) in [5.74, 6) is -4.40. The molecule has 3 aliphatic heterocycles. The summed E-state index contributed by atoms with van der Waals surface area (Å²) < 4.78 is 0. The Morgan fingerprint density at radius 1 is 0.847 bits per heavy atom. The van der Waals surface area contributed by atoms with Crippen molar-refractivity contribution < 1.29 is 39.0 Å². The third-order valence-corrected chi connectivity index (χ3v) is 12.2. The molecule has 14 nitrogen and oxygen atoms in total. The van der Waals surface area contributed by atoms with Crippen LogP contribution < -0.4 is 16.4 Å². The van der Waals surface area contributed by atoms with Crippen molar-refractivity contribution in [3.8, 4) is 0 Å². The van der Waals surface area contributed by atoms with Crippen LogP contribution in [0.1, 0.15) is 44.7 Å². The van der Waals surface area contributed by atoms with Crippen molar-refractivity contribution in [1.29, 1.82) is 0 Å². The van der Waals surface area contributed by atoms with Gasteiger partial charge in [-0.3, -0.25) is 19.3 Å². The van der Waals surface area contributed by atoms with Crippen molar-refractivity contribution in [2.75, 3.05) is 18.0 Å². The van der Waals surface area contributed by atoms with Crippen LogP contribution >= 0.6 is 23.1 Å². The maximum absolute atomic E-state index is 14.4. The molecule has 2 atom stereocenters. The van der Waals surface area contributed by atoms with Crippen LogP contribution in [0.3, 0.4) is 0 Å². The van der Waals surface area contributed by atoms with E-state index in [1.165, 1.54) is 36.0 Å². The number of thiazole rings is 1. The molecule has 0 spiro atoms. The molecule has 2 fully saturated rings. The molecule has 1 aromatic heterocycles. The van der Waals surface area contributed by atoms with Crippen LogP contribution in [0.15, 0.2) is 143 Å². The van der Waals surface area contributed by atoms with Crippen molar-refractivity contribution in [1.82, 2.24) is 20.5 Å². The number of nitrogens with one attached hydrogen (secondary N) is 2. The Kier molecular flexibility index (Phi) is 10.6. The number of nitrogen functional groups attached to an aromatic ring is 1. The molecule has 0 aliphatic carbocycles. The van der Waals surface area contributed by atoms with E-state index >= 15 is 0 Å². The van der Waals surface area contributed by atoms with Gasteiger partial charge in [-0.15, -0.1) is 23.1 Å². The Hall–Kier alpha value is -7.04. The molecule has 3 amide bonds. The molecule has 4 aromatic carbocycles. The molecule has 0 unspecified atom stereocenters. The molecule has 0 bridgehead atoms. The molecule has 59 heavy (non-hydrogen) atoms. The molecular formula is C43H34N6O8S2. The Balaban J connectivity index is 1.15. The largest absolute Gasteiger partial charge is 0.478 e. The number of anilines is 1. The molecule has 3 aliphatic rings. The van der Waals surface area contributed by atoms with Crippen LogP contribution in [0.4, 0.5) is 5.13 Å². The maximum Gasteiger partial charge on any atom is 0.352 e. The summed E-state index contributed by atoms with van der Waals surface area (Å²) in [7, 11) is 0. The predicted molar refractivity (Wildman–Crippen MR) is 221 cm³/mol. The fraction of sp³-hybridized carbons (Fsp3) is 0.140. The van der Waals surface area contributed by atoms with E-state index in [0.717, 1.165) is 16.2 Å². The highest BCUT2D eigenvalue weighted by atomic mass is 32.2. The van der Waals surface area contributed by atoms with E-state index in [1.807, 2.05) is 91.0 Å². The number of hydrogen-bond acceptors (Lipinski definition) is 11. The molecule has 0 saturated carbocycles. The van der Waals surface area contributed by atoms with Gasteiger partial charge in [0.15, 0.2) is 10.8 Å². The second kappa shape index (κ2) is 16.1. The summed E-state index contributed by atoms with van der Waals surface area (Å²) >= 11 is 2.30. The van der Waals surface area contributed by atoms with Crippen LogP contribution in [0.25, 0.3) is 5.57 Å². The van der Waals surface area contributed by atoms with Gasteiger partial charge in [-0.1, -0.05) is 108 Å². The third-order valence-electron chi connectivity index (χ3n) is 10.2. The Labute approximate surface area is 345 Å². The lowest BCUT2D eigenvalue weighted by molar-refractivity contribution is -0.150. The van der Waals surface area contributed by atoms with E-state index in [2.05, 4.69) is 20.8 Å². The van der Waals surface area contributed by atoms with Gasteiger partial charge in [-0.25, -0.2) is 14.6 Å². The van der Waals surface area contributed by atoms with Gasteiger partial charge in [0.1, 0.15) is 22.8 Å². The SMILES string of the molecule is Nc1nc(C(=NOC(c2ccccc2)(c2ccccc2)c2ccccc2)C(=O)N[C@@H]2C(=O)N3C(C(=O)O)=C(C(=C4CCNC4=O)c4ccc(C(=O)O)cc4)CS[C@H]23)cs1.